The van der Waals surface area contributed by atoms with Gasteiger partial charge in [0.2, 0.25) is 0 Å². The summed E-state index contributed by atoms with van der Waals surface area (Å²) in [7, 11) is 2.50. The summed E-state index contributed by atoms with van der Waals surface area (Å²) < 4.78 is 0. The van der Waals surface area contributed by atoms with Crippen LogP contribution in [0, 0.1) is 13.8 Å². The number of rotatable bonds is 11. The molecule has 10 heteroatoms. The third-order valence-electron chi connectivity index (χ3n) is 4.73. The average molecular weight is 535 g/mol. The third kappa shape index (κ3) is 11.6. The summed E-state index contributed by atoms with van der Waals surface area (Å²) in [5.41, 5.74) is 3.90. The number of anilines is 2. The second-order valence-electron chi connectivity index (χ2n) is 7.83. The number of aryl methyl sites for hydroxylation is 2. The molecule has 0 spiro atoms. The fourth-order valence-electron chi connectivity index (χ4n) is 3.19. The number of oxime groups is 1. The highest BCUT2D eigenvalue weighted by Crippen LogP contribution is 2.26. The molecule has 9 nitrogen and oxygen atoms in total. The van der Waals surface area contributed by atoms with Gasteiger partial charge in [0.1, 0.15) is 7.11 Å². The number of aromatic nitrogens is 1. The normalized spacial score (nSPS) is 10.8. The molecule has 2 aromatic rings. The molecule has 1 heterocycles. The highest BCUT2D eigenvalue weighted by molar-refractivity contribution is 6.31. The molecule has 3 N–H and O–H groups in total. The van der Waals surface area contributed by atoms with Gasteiger partial charge in [-0.1, -0.05) is 43.6 Å². The number of carbonyl (C=O) groups is 1. The van der Waals surface area contributed by atoms with Gasteiger partial charge in [-0.3, -0.25) is 4.79 Å². The Hall–Kier alpha value is -3.17. The van der Waals surface area contributed by atoms with Gasteiger partial charge in [-0.05, 0) is 63.4 Å². The van der Waals surface area contributed by atoms with Crippen LogP contribution in [0.15, 0.2) is 40.7 Å². The number of benzene rings is 1. The number of pyridine rings is 1. The Labute approximate surface area is 227 Å². The van der Waals surface area contributed by atoms with Crippen molar-refractivity contribution in [1.29, 1.82) is 0 Å². The van der Waals surface area contributed by atoms with E-state index in [0.29, 0.717) is 30.1 Å². The topological polar surface area (TPSA) is 111 Å². The maximum absolute atomic E-state index is 12.7. The van der Waals surface area contributed by atoms with Crippen LogP contribution in [0.25, 0.3) is 0 Å². The lowest BCUT2D eigenvalue weighted by Gasteiger charge is -2.22. The lowest BCUT2D eigenvalue weighted by Crippen LogP contribution is -2.32. The molecule has 1 aromatic carbocycles. The van der Waals surface area contributed by atoms with Crippen molar-refractivity contribution in [2.45, 2.75) is 60.9 Å². The zero-order valence-corrected chi connectivity index (χ0v) is 24.3. The molecule has 0 atom stereocenters. The molecule has 0 bridgehead atoms. The standard InChI is InChI=1S/C24H33ClN6O2.C2H6.CH4O/c1-7-20(15-28-33-6)30-31(23-17(4)9-8-10-27-23)12-11-26-22-18(5)13-19(25)14-21(22)24(32)29-16(2)3;2*1-2/h8-10,13-16,26H,7,11-12H2,1-6H3,(H,29,32);1-2H3;2H,1H3/b28-15+,30-20+;;. The van der Waals surface area contributed by atoms with Gasteiger partial charge in [0.05, 0.1) is 29.7 Å². The van der Waals surface area contributed by atoms with E-state index in [4.69, 9.17) is 26.6 Å². The Morgan fingerprint density at radius 2 is 1.92 bits per heavy atom. The predicted octanol–water partition coefficient (Wildman–Crippen LogP) is 5.44. The fourth-order valence-corrected chi connectivity index (χ4v) is 3.46. The van der Waals surface area contributed by atoms with E-state index in [9.17, 15) is 4.79 Å². The Balaban J connectivity index is 0.00000308. The second kappa shape index (κ2) is 19.0. The molecule has 0 fully saturated rings. The Kier molecular flexibility index (Phi) is 17.4. The molecule has 37 heavy (non-hydrogen) atoms. The van der Waals surface area contributed by atoms with E-state index >= 15 is 0 Å². The molecule has 1 aromatic heterocycles. The van der Waals surface area contributed by atoms with Crippen LogP contribution in [0.4, 0.5) is 11.5 Å². The molecule has 0 aliphatic heterocycles. The van der Waals surface area contributed by atoms with E-state index in [0.717, 1.165) is 35.5 Å². The van der Waals surface area contributed by atoms with Crippen LogP contribution in [0.1, 0.15) is 62.5 Å². The Bertz CT molecular complexity index is 1010. The van der Waals surface area contributed by atoms with Gasteiger partial charge < -0.3 is 20.6 Å². The fraction of sp³-hybridized carbons (Fsp3) is 0.481. The van der Waals surface area contributed by atoms with Crippen molar-refractivity contribution in [1.82, 2.24) is 10.3 Å². The van der Waals surface area contributed by atoms with Crippen molar-refractivity contribution < 1.29 is 14.7 Å². The average Bonchev–Trinajstić information content (AvgIpc) is 2.88. The highest BCUT2D eigenvalue weighted by Gasteiger charge is 2.17. The number of nitrogens with zero attached hydrogens (tertiary/aromatic N) is 4. The van der Waals surface area contributed by atoms with Gasteiger partial charge in [-0.15, -0.1) is 0 Å². The van der Waals surface area contributed by atoms with Crippen LogP contribution in [-0.4, -0.2) is 61.3 Å². The quantitative estimate of drug-likeness (QED) is 0.261. The number of carbonyl (C=O) groups excluding carboxylic acids is 1. The van der Waals surface area contributed by atoms with Crippen molar-refractivity contribution in [3.63, 3.8) is 0 Å². The van der Waals surface area contributed by atoms with Gasteiger partial charge in [0.25, 0.3) is 5.91 Å². The molecule has 0 unspecified atom stereocenters. The molecule has 1 amide bonds. The summed E-state index contributed by atoms with van der Waals surface area (Å²) in [6, 6.07) is 7.42. The minimum atomic E-state index is -0.169. The smallest absolute Gasteiger partial charge is 0.253 e. The van der Waals surface area contributed by atoms with Crippen molar-refractivity contribution in [3.8, 4) is 0 Å². The maximum Gasteiger partial charge on any atom is 0.253 e. The van der Waals surface area contributed by atoms with Gasteiger partial charge in [0.15, 0.2) is 5.82 Å². The van der Waals surface area contributed by atoms with Crippen LogP contribution in [0.5, 0.6) is 0 Å². The third-order valence-corrected chi connectivity index (χ3v) is 4.95. The lowest BCUT2D eigenvalue weighted by atomic mass is 10.1. The number of hydrogen-bond acceptors (Lipinski definition) is 8. The van der Waals surface area contributed by atoms with Crippen molar-refractivity contribution in [3.05, 3.63) is 52.2 Å². The van der Waals surface area contributed by atoms with Crippen molar-refractivity contribution in [2.75, 3.05) is 37.6 Å². The molecular weight excluding hydrogens is 492 g/mol. The van der Waals surface area contributed by atoms with Gasteiger partial charge in [0, 0.05) is 30.9 Å². The number of aliphatic hydroxyl groups is 1. The van der Waals surface area contributed by atoms with E-state index in [1.165, 1.54) is 7.11 Å². The van der Waals surface area contributed by atoms with E-state index in [1.807, 2.05) is 71.7 Å². The van der Waals surface area contributed by atoms with Gasteiger partial charge in [-0.25, -0.2) is 9.99 Å². The van der Waals surface area contributed by atoms with E-state index in [2.05, 4.69) is 20.8 Å². The summed E-state index contributed by atoms with van der Waals surface area (Å²) in [5, 5.41) is 24.3. The monoisotopic (exact) mass is 534 g/mol. The largest absolute Gasteiger partial charge is 0.400 e. The first kappa shape index (κ1) is 33.8. The molecule has 0 aliphatic carbocycles. The van der Waals surface area contributed by atoms with E-state index in [1.54, 1.807) is 18.5 Å². The SMILES string of the molecule is CC.CCC(/C=N/OC)=N\N(CCNc1c(C)cc(Cl)cc1C(=O)NC(C)C)c1ncccc1C.CO. The van der Waals surface area contributed by atoms with Crippen molar-refractivity contribution in [2.24, 2.45) is 10.3 Å². The number of amides is 1. The molecular formula is C27H43ClN6O3. The first-order valence-electron chi connectivity index (χ1n) is 12.4. The number of nitrogens with one attached hydrogen (secondary N) is 2. The number of hydrogen-bond donors (Lipinski definition) is 3. The molecule has 206 valence electrons. The molecule has 0 aliphatic rings. The van der Waals surface area contributed by atoms with Gasteiger partial charge >= 0.3 is 0 Å². The van der Waals surface area contributed by atoms with Crippen LogP contribution in [0.3, 0.4) is 0 Å². The zero-order valence-electron chi connectivity index (χ0n) is 23.6. The molecule has 0 saturated carbocycles. The molecule has 0 saturated heterocycles. The zero-order chi connectivity index (χ0) is 28.4. The Morgan fingerprint density at radius 3 is 2.49 bits per heavy atom. The minimum Gasteiger partial charge on any atom is -0.400 e. The lowest BCUT2D eigenvalue weighted by molar-refractivity contribution is 0.0944. The summed E-state index contributed by atoms with van der Waals surface area (Å²) in [6.07, 6.45) is 4.01. The van der Waals surface area contributed by atoms with E-state index < -0.39 is 0 Å². The first-order chi connectivity index (χ1) is 17.8. The summed E-state index contributed by atoms with van der Waals surface area (Å²) >= 11 is 6.23. The highest BCUT2D eigenvalue weighted by atomic mass is 35.5. The summed E-state index contributed by atoms with van der Waals surface area (Å²) in [4.78, 5) is 22.1. The van der Waals surface area contributed by atoms with Crippen LogP contribution in [0.2, 0.25) is 5.02 Å². The van der Waals surface area contributed by atoms with Crippen LogP contribution >= 0.6 is 11.6 Å². The van der Waals surface area contributed by atoms with Gasteiger partial charge in [-0.2, -0.15) is 5.10 Å². The summed E-state index contributed by atoms with van der Waals surface area (Å²) in [6.45, 7) is 14.8. The molecule has 2 rings (SSSR count). The maximum atomic E-state index is 12.7. The molecule has 0 radical (unpaired) electrons. The second-order valence-corrected chi connectivity index (χ2v) is 8.27. The van der Waals surface area contributed by atoms with Crippen LogP contribution < -0.4 is 15.6 Å². The number of halogens is 1. The van der Waals surface area contributed by atoms with E-state index in [-0.39, 0.29) is 11.9 Å². The minimum absolute atomic E-state index is 0.0165. The van der Waals surface area contributed by atoms with Crippen LogP contribution in [-0.2, 0) is 4.84 Å². The number of aliphatic hydroxyl groups excluding tert-OH is 1. The summed E-state index contributed by atoms with van der Waals surface area (Å²) in [5.74, 6) is 0.583. The number of hydrazone groups is 1. The van der Waals surface area contributed by atoms with Crippen molar-refractivity contribution >= 4 is 40.9 Å². The predicted molar refractivity (Wildman–Crippen MR) is 156 cm³/mol. The Morgan fingerprint density at radius 1 is 1.24 bits per heavy atom. The first-order valence-corrected chi connectivity index (χ1v) is 12.8.